The molecule has 0 radical (unpaired) electrons. The molecule has 0 unspecified atom stereocenters. The van der Waals surface area contributed by atoms with E-state index in [1.165, 1.54) is 12.8 Å². The molecule has 0 spiro atoms. The van der Waals surface area contributed by atoms with E-state index in [1.54, 1.807) is 11.1 Å². The Morgan fingerprint density at radius 2 is 2.15 bits per heavy atom. The van der Waals surface area contributed by atoms with Crippen LogP contribution in [0.1, 0.15) is 38.2 Å². The van der Waals surface area contributed by atoms with Gasteiger partial charge < -0.3 is 25.4 Å². The number of amides is 1. The third-order valence-corrected chi connectivity index (χ3v) is 4.77. The van der Waals surface area contributed by atoms with Crippen molar-refractivity contribution in [3.63, 3.8) is 0 Å². The number of guanidine groups is 1. The molecule has 2 aliphatic rings. The number of nitrogens with zero attached hydrogens (tertiary/aromatic N) is 3. The summed E-state index contributed by atoms with van der Waals surface area (Å²) in [6.45, 7) is 4.76. The first-order valence-corrected chi connectivity index (χ1v) is 9.70. The number of carbonyl (C=O) groups is 1. The molecule has 8 nitrogen and oxygen atoms in total. The lowest BCUT2D eigenvalue weighted by Gasteiger charge is -2.31. The smallest absolute Gasteiger partial charge is 0.409 e. The number of rotatable bonds is 7. The summed E-state index contributed by atoms with van der Waals surface area (Å²) in [5, 5.41) is 3.25. The highest BCUT2D eigenvalue weighted by molar-refractivity contribution is 5.78. The normalized spacial score (nSPS) is 18.3. The van der Waals surface area contributed by atoms with Crippen molar-refractivity contribution < 1.29 is 14.3 Å². The Morgan fingerprint density at radius 3 is 2.85 bits per heavy atom. The van der Waals surface area contributed by atoms with Crippen molar-refractivity contribution in [2.45, 2.75) is 45.2 Å². The van der Waals surface area contributed by atoms with E-state index in [4.69, 9.17) is 15.2 Å². The van der Waals surface area contributed by atoms with Gasteiger partial charge in [0.05, 0.1) is 19.8 Å². The maximum atomic E-state index is 11.7. The second-order valence-electron chi connectivity index (χ2n) is 7.06. The molecule has 0 atom stereocenters. The number of hydrogen-bond acceptors (Lipinski definition) is 5. The lowest BCUT2D eigenvalue weighted by molar-refractivity contribution is 0.0963. The van der Waals surface area contributed by atoms with Gasteiger partial charge in [-0.1, -0.05) is 0 Å². The zero-order valence-electron chi connectivity index (χ0n) is 15.9. The van der Waals surface area contributed by atoms with Gasteiger partial charge in [0.1, 0.15) is 0 Å². The molecular formula is C19H29N5O3. The summed E-state index contributed by atoms with van der Waals surface area (Å²) >= 11 is 0. The Labute approximate surface area is 160 Å². The average molecular weight is 375 g/mol. The van der Waals surface area contributed by atoms with Crippen LogP contribution in [0.3, 0.4) is 0 Å². The van der Waals surface area contributed by atoms with E-state index in [0.717, 1.165) is 25.0 Å². The number of piperidine rings is 1. The van der Waals surface area contributed by atoms with Crippen LogP contribution < -0.4 is 15.8 Å². The van der Waals surface area contributed by atoms with Crippen molar-refractivity contribution in [2.24, 2.45) is 16.6 Å². The lowest BCUT2D eigenvalue weighted by atomic mass is 10.1. The van der Waals surface area contributed by atoms with Crippen molar-refractivity contribution in [3.05, 3.63) is 23.9 Å². The minimum absolute atomic E-state index is 0.217. The molecule has 3 rings (SSSR count). The number of carbonyl (C=O) groups excluding carboxylic acids is 1. The molecule has 1 aliphatic heterocycles. The monoisotopic (exact) mass is 375 g/mol. The van der Waals surface area contributed by atoms with Crippen molar-refractivity contribution in [1.82, 2.24) is 15.2 Å². The predicted octanol–water partition coefficient (Wildman–Crippen LogP) is 1.90. The molecule has 27 heavy (non-hydrogen) atoms. The van der Waals surface area contributed by atoms with Gasteiger partial charge >= 0.3 is 6.09 Å². The third-order valence-electron chi connectivity index (χ3n) is 4.77. The first kappa shape index (κ1) is 19.3. The molecule has 0 aromatic carbocycles. The van der Waals surface area contributed by atoms with Gasteiger partial charge in [0.25, 0.3) is 0 Å². The highest BCUT2D eigenvalue weighted by atomic mass is 16.6. The van der Waals surface area contributed by atoms with Crippen LogP contribution in [0.25, 0.3) is 0 Å². The first-order valence-electron chi connectivity index (χ1n) is 9.70. The van der Waals surface area contributed by atoms with Crippen molar-refractivity contribution in [2.75, 3.05) is 26.3 Å². The first-order chi connectivity index (χ1) is 13.1. The minimum Gasteiger partial charge on any atom is -0.477 e. The van der Waals surface area contributed by atoms with E-state index >= 15 is 0 Å². The van der Waals surface area contributed by atoms with Crippen molar-refractivity contribution in [1.29, 1.82) is 0 Å². The number of likely N-dealkylation sites (tertiary alicyclic amines) is 1. The highest BCUT2D eigenvalue weighted by Gasteiger charge is 2.24. The summed E-state index contributed by atoms with van der Waals surface area (Å²) < 4.78 is 10.7. The van der Waals surface area contributed by atoms with Crippen LogP contribution in [0.15, 0.2) is 23.3 Å². The predicted molar refractivity (Wildman–Crippen MR) is 103 cm³/mol. The quantitative estimate of drug-likeness (QED) is 0.557. The SMILES string of the molecule is CCOC(=O)N1CCC(NC(N)=NCc2ccnc(OCC3CC3)c2)CC1. The van der Waals surface area contributed by atoms with Gasteiger partial charge in [-0.25, -0.2) is 14.8 Å². The Bertz CT molecular complexity index is 655. The van der Waals surface area contributed by atoms with Crippen LogP contribution in [0.4, 0.5) is 4.79 Å². The van der Waals surface area contributed by atoms with E-state index in [0.29, 0.717) is 44.0 Å². The van der Waals surface area contributed by atoms with E-state index < -0.39 is 0 Å². The topological polar surface area (TPSA) is 102 Å². The average Bonchev–Trinajstić information content (AvgIpc) is 3.50. The number of hydrogen-bond donors (Lipinski definition) is 2. The third kappa shape index (κ3) is 6.30. The summed E-state index contributed by atoms with van der Waals surface area (Å²) in [5.74, 6) is 1.76. The summed E-state index contributed by atoms with van der Waals surface area (Å²) in [5.41, 5.74) is 7.04. The Hall–Kier alpha value is -2.51. The van der Waals surface area contributed by atoms with Crippen LogP contribution in [0.5, 0.6) is 5.88 Å². The van der Waals surface area contributed by atoms with Crippen LogP contribution >= 0.6 is 0 Å². The Balaban J connectivity index is 1.42. The number of aromatic nitrogens is 1. The van der Waals surface area contributed by atoms with Gasteiger partial charge in [-0.2, -0.15) is 0 Å². The van der Waals surface area contributed by atoms with Crippen LogP contribution in [0, 0.1) is 5.92 Å². The molecule has 3 N–H and O–H groups in total. The number of ether oxygens (including phenoxy) is 2. The van der Waals surface area contributed by atoms with Gasteiger partial charge in [-0.15, -0.1) is 0 Å². The Kier molecular flexibility index (Phi) is 6.73. The fourth-order valence-electron chi connectivity index (χ4n) is 2.97. The molecule has 8 heteroatoms. The molecule has 1 aromatic rings. The summed E-state index contributed by atoms with van der Waals surface area (Å²) in [4.78, 5) is 22.1. The maximum Gasteiger partial charge on any atom is 0.409 e. The molecule has 2 heterocycles. The lowest BCUT2D eigenvalue weighted by Crippen LogP contribution is -2.48. The molecule has 1 saturated heterocycles. The number of nitrogens with one attached hydrogen (secondary N) is 1. The van der Waals surface area contributed by atoms with Gasteiger partial charge in [-0.3, -0.25) is 0 Å². The van der Waals surface area contributed by atoms with Crippen LogP contribution in [-0.2, 0) is 11.3 Å². The number of pyridine rings is 1. The van der Waals surface area contributed by atoms with E-state index in [9.17, 15) is 4.79 Å². The van der Waals surface area contributed by atoms with Crippen molar-refractivity contribution >= 4 is 12.1 Å². The maximum absolute atomic E-state index is 11.7. The van der Waals surface area contributed by atoms with Gasteiger partial charge in [0.2, 0.25) is 5.88 Å². The van der Waals surface area contributed by atoms with Gasteiger partial charge in [0.15, 0.2) is 5.96 Å². The zero-order chi connectivity index (χ0) is 19.1. The largest absolute Gasteiger partial charge is 0.477 e. The second kappa shape index (κ2) is 9.43. The molecule has 1 aliphatic carbocycles. The Morgan fingerprint density at radius 1 is 1.37 bits per heavy atom. The van der Waals surface area contributed by atoms with Gasteiger partial charge in [-0.05, 0) is 50.2 Å². The number of nitrogens with two attached hydrogens (primary N) is 1. The van der Waals surface area contributed by atoms with Crippen LogP contribution in [-0.4, -0.2) is 54.3 Å². The molecular weight excluding hydrogens is 346 g/mol. The molecule has 148 valence electrons. The summed E-state index contributed by atoms with van der Waals surface area (Å²) in [6.07, 6.45) is 5.65. The zero-order valence-corrected chi connectivity index (χ0v) is 15.9. The fourth-order valence-corrected chi connectivity index (χ4v) is 2.97. The second-order valence-corrected chi connectivity index (χ2v) is 7.06. The molecule has 1 aromatic heterocycles. The van der Waals surface area contributed by atoms with Crippen molar-refractivity contribution in [3.8, 4) is 5.88 Å². The minimum atomic E-state index is -0.241. The van der Waals surface area contributed by atoms with Gasteiger partial charge in [0, 0.05) is 31.4 Å². The number of aliphatic imine (C=N–C) groups is 1. The summed E-state index contributed by atoms with van der Waals surface area (Å²) in [6, 6.07) is 4.05. The molecule has 0 bridgehead atoms. The standard InChI is InChI=1S/C19H29N5O3/c1-2-26-19(25)24-9-6-16(7-10-24)23-18(20)22-12-15-5-8-21-17(11-15)27-13-14-3-4-14/h5,8,11,14,16H,2-4,6-7,9-10,12-13H2,1H3,(H3,20,22,23). The summed E-state index contributed by atoms with van der Waals surface area (Å²) in [7, 11) is 0. The van der Waals surface area contributed by atoms with E-state index in [2.05, 4.69) is 15.3 Å². The van der Waals surface area contributed by atoms with Crippen LogP contribution in [0.2, 0.25) is 0 Å². The van der Waals surface area contributed by atoms with E-state index in [1.807, 2.05) is 19.1 Å². The molecule has 2 fully saturated rings. The fraction of sp³-hybridized carbons (Fsp3) is 0.632. The molecule has 1 saturated carbocycles. The van der Waals surface area contributed by atoms with E-state index in [-0.39, 0.29) is 12.1 Å². The molecule has 1 amide bonds. The highest BCUT2D eigenvalue weighted by Crippen LogP contribution is 2.29.